The van der Waals surface area contributed by atoms with E-state index in [1.807, 2.05) is 30.3 Å². The molecule has 2 N–H and O–H groups in total. The zero-order valence-electron chi connectivity index (χ0n) is 18.0. The van der Waals surface area contributed by atoms with Crippen molar-refractivity contribution in [3.63, 3.8) is 0 Å². The molecule has 5 heteroatoms. The lowest BCUT2D eigenvalue weighted by molar-refractivity contribution is -0.139. The molecular weight excluding hydrogens is 430 g/mol. The van der Waals surface area contributed by atoms with Crippen molar-refractivity contribution < 1.29 is 14.3 Å². The molecule has 0 atom stereocenters. The SMILES string of the molecule is C#Cc1c(N)cccc1C(=O)c1cc(CC(=O)OC)c(-c2ccccc2)s1.c1cc2ccc1-2. The van der Waals surface area contributed by atoms with Gasteiger partial charge >= 0.3 is 5.97 Å². The molecule has 33 heavy (non-hydrogen) atoms. The largest absolute Gasteiger partial charge is 0.469 e. The van der Waals surface area contributed by atoms with Crippen molar-refractivity contribution in [1.82, 2.24) is 0 Å². The van der Waals surface area contributed by atoms with Crippen LogP contribution in [0.2, 0.25) is 0 Å². The first-order valence-electron chi connectivity index (χ1n) is 10.3. The van der Waals surface area contributed by atoms with Gasteiger partial charge in [-0.05, 0) is 40.5 Å². The Morgan fingerprint density at radius 2 is 1.61 bits per heavy atom. The highest BCUT2D eigenvalue weighted by atomic mass is 32.1. The van der Waals surface area contributed by atoms with Crippen LogP contribution < -0.4 is 5.73 Å². The van der Waals surface area contributed by atoms with E-state index in [0.29, 0.717) is 21.7 Å². The van der Waals surface area contributed by atoms with E-state index >= 15 is 0 Å². The van der Waals surface area contributed by atoms with Crippen LogP contribution in [0.3, 0.4) is 0 Å². The number of esters is 1. The fourth-order valence-electron chi connectivity index (χ4n) is 3.45. The fourth-order valence-corrected chi connectivity index (χ4v) is 4.59. The minimum absolute atomic E-state index is 0.0867. The minimum Gasteiger partial charge on any atom is -0.469 e. The zero-order valence-corrected chi connectivity index (χ0v) is 18.8. The second-order valence-corrected chi connectivity index (χ2v) is 8.46. The molecule has 0 unspecified atom stereocenters. The van der Waals surface area contributed by atoms with Gasteiger partial charge in [-0.2, -0.15) is 0 Å². The molecule has 0 spiro atoms. The molecule has 4 nitrogen and oxygen atoms in total. The number of methoxy groups -OCH3 is 1. The van der Waals surface area contributed by atoms with Gasteiger partial charge in [-0.3, -0.25) is 9.59 Å². The summed E-state index contributed by atoms with van der Waals surface area (Å²) >= 11 is 1.33. The average molecular weight is 452 g/mol. The summed E-state index contributed by atoms with van der Waals surface area (Å²) in [6.45, 7) is 0. The molecule has 1 aromatic heterocycles. The van der Waals surface area contributed by atoms with E-state index in [-0.39, 0.29) is 18.2 Å². The number of carbonyl (C=O) groups excluding carboxylic acids is 2. The summed E-state index contributed by atoms with van der Waals surface area (Å²) < 4.78 is 4.79. The molecule has 0 bridgehead atoms. The number of fused-ring (bicyclic) bond motifs is 1. The lowest BCUT2D eigenvalue weighted by Gasteiger charge is -2.10. The van der Waals surface area contributed by atoms with E-state index in [1.54, 1.807) is 24.3 Å². The summed E-state index contributed by atoms with van der Waals surface area (Å²) in [7, 11) is 1.34. The summed E-state index contributed by atoms with van der Waals surface area (Å²) in [6, 6.07) is 24.8. The summed E-state index contributed by atoms with van der Waals surface area (Å²) in [5.41, 5.74) is 11.6. The van der Waals surface area contributed by atoms with E-state index in [4.69, 9.17) is 16.9 Å². The van der Waals surface area contributed by atoms with Crippen LogP contribution >= 0.6 is 11.3 Å². The molecule has 1 heterocycles. The molecule has 2 aromatic carbocycles. The van der Waals surface area contributed by atoms with Gasteiger partial charge < -0.3 is 10.5 Å². The van der Waals surface area contributed by atoms with Gasteiger partial charge in [-0.15, -0.1) is 17.8 Å². The van der Waals surface area contributed by atoms with Gasteiger partial charge in [0.2, 0.25) is 5.78 Å². The normalized spacial score (nSPS) is 10.4. The summed E-state index contributed by atoms with van der Waals surface area (Å²) in [6.07, 6.45) is 5.62. The quantitative estimate of drug-likeness (QED) is 0.164. The van der Waals surface area contributed by atoms with E-state index in [1.165, 1.54) is 29.6 Å². The Labute approximate surface area is 196 Å². The number of hydrogen-bond donors (Lipinski definition) is 1. The Balaban J connectivity index is 0.000000367. The van der Waals surface area contributed by atoms with Crippen LogP contribution in [0.25, 0.3) is 21.6 Å². The highest BCUT2D eigenvalue weighted by Crippen LogP contribution is 2.35. The molecule has 0 fully saturated rings. The Kier molecular flexibility index (Phi) is 6.39. The van der Waals surface area contributed by atoms with E-state index < -0.39 is 0 Å². The second kappa shape index (κ2) is 9.56. The van der Waals surface area contributed by atoms with Crippen molar-refractivity contribution in [2.45, 2.75) is 6.42 Å². The summed E-state index contributed by atoms with van der Waals surface area (Å²) in [5.74, 6) is 1.92. The molecule has 0 saturated carbocycles. The van der Waals surface area contributed by atoms with Crippen molar-refractivity contribution in [1.29, 1.82) is 0 Å². The predicted octanol–water partition coefficient (Wildman–Crippen LogP) is 5.59. The highest BCUT2D eigenvalue weighted by molar-refractivity contribution is 7.17. The average Bonchev–Trinajstić information content (AvgIpc) is 3.25. The Bertz CT molecular complexity index is 1340. The van der Waals surface area contributed by atoms with Crippen LogP contribution in [0.5, 0.6) is 0 Å². The zero-order chi connectivity index (χ0) is 23.4. The summed E-state index contributed by atoms with van der Waals surface area (Å²) in [4.78, 5) is 26.2. The lowest BCUT2D eigenvalue weighted by atomic mass is 9.95. The van der Waals surface area contributed by atoms with Gasteiger partial charge in [-0.25, -0.2) is 0 Å². The first-order chi connectivity index (χ1) is 16.0. The molecule has 0 radical (unpaired) electrons. The molecule has 0 saturated heterocycles. The van der Waals surface area contributed by atoms with Crippen LogP contribution in [0.4, 0.5) is 5.69 Å². The number of rotatable bonds is 5. The van der Waals surface area contributed by atoms with Crippen LogP contribution in [0.15, 0.2) is 78.9 Å². The maximum atomic E-state index is 13.1. The molecule has 3 aromatic rings. The number of thiophene rings is 1. The van der Waals surface area contributed by atoms with Crippen LogP contribution in [0.1, 0.15) is 26.4 Å². The number of terminal acetylenes is 1. The molecule has 162 valence electrons. The number of benzene rings is 3. The van der Waals surface area contributed by atoms with Gasteiger partial charge in [0.15, 0.2) is 0 Å². The van der Waals surface area contributed by atoms with E-state index in [9.17, 15) is 9.59 Å². The second-order valence-electron chi connectivity index (χ2n) is 7.40. The van der Waals surface area contributed by atoms with Crippen molar-refractivity contribution in [3.05, 3.63) is 100 Å². The van der Waals surface area contributed by atoms with E-state index in [2.05, 4.69) is 30.2 Å². The maximum absolute atomic E-state index is 13.1. The third-order valence-electron chi connectivity index (χ3n) is 5.34. The van der Waals surface area contributed by atoms with Crippen molar-refractivity contribution in [2.75, 3.05) is 12.8 Å². The van der Waals surface area contributed by atoms with Crippen LogP contribution in [0, 0.1) is 12.3 Å². The van der Waals surface area contributed by atoms with Crippen LogP contribution in [-0.4, -0.2) is 18.9 Å². The summed E-state index contributed by atoms with van der Waals surface area (Å²) in [5, 5.41) is 0. The van der Waals surface area contributed by atoms with Gasteiger partial charge in [0, 0.05) is 16.1 Å². The standard InChI is InChI=1S/C22H17NO3S.C6H4/c1-3-16-17(10-7-11-18(16)23)21(25)19-12-15(13-20(24)26-2)22(27-19)14-8-5-4-6-9-14;1-2-6-4-3-5(1)6/h1,4-12H,13,23H2,2H3;1-4H. The third-order valence-corrected chi connectivity index (χ3v) is 6.56. The Morgan fingerprint density at radius 1 is 0.939 bits per heavy atom. The number of anilines is 1. The van der Waals surface area contributed by atoms with Crippen molar-refractivity contribution in [3.8, 4) is 33.9 Å². The number of carbonyl (C=O) groups is 2. The number of ketones is 1. The molecule has 5 rings (SSSR count). The van der Waals surface area contributed by atoms with Gasteiger partial charge in [0.05, 0.1) is 24.0 Å². The maximum Gasteiger partial charge on any atom is 0.310 e. The molecule has 2 aliphatic carbocycles. The number of nitrogen functional groups attached to an aromatic ring is 1. The first kappa shape index (κ1) is 22.1. The number of ether oxygens (including phenoxy) is 1. The topological polar surface area (TPSA) is 69.4 Å². The molecule has 0 aliphatic heterocycles. The predicted molar refractivity (Wildman–Crippen MR) is 133 cm³/mol. The molecule has 2 aliphatic rings. The van der Waals surface area contributed by atoms with Gasteiger partial charge in [0.25, 0.3) is 0 Å². The van der Waals surface area contributed by atoms with Crippen LogP contribution in [-0.2, 0) is 16.0 Å². The van der Waals surface area contributed by atoms with E-state index in [0.717, 1.165) is 16.0 Å². The lowest BCUT2D eigenvalue weighted by Crippen LogP contribution is -2.05. The van der Waals surface area contributed by atoms with Crippen molar-refractivity contribution in [2.24, 2.45) is 0 Å². The fraction of sp³-hybridized carbons (Fsp3) is 0.0714. The smallest absolute Gasteiger partial charge is 0.310 e. The first-order valence-corrected chi connectivity index (χ1v) is 11.1. The van der Waals surface area contributed by atoms with Gasteiger partial charge in [0.1, 0.15) is 0 Å². The Hall–Kier alpha value is -4.14. The van der Waals surface area contributed by atoms with Crippen molar-refractivity contribution >= 4 is 28.8 Å². The van der Waals surface area contributed by atoms with Gasteiger partial charge in [-0.1, -0.05) is 66.6 Å². The Morgan fingerprint density at radius 3 is 2.15 bits per heavy atom. The minimum atomic E-state index is -0.364. The number of hydrogen-bond acceptors (Lipinski definition) is 5. The number of nitrogens with two attached hydrogens (primary N) is 1. The highest BCUT2D eigenvalue weighted by Gasteiger charge is 2.21. The molecule has 0 amide bonds. The third kappa shape index (κ3) is 4.57. The monoisotopic (exact) mass is 451 g/mol. The molecular formula is C28H21NO3S.